The molecule has 0 fully saturated rings. The maximum absolute atomic E-state index is 14.1. The van der Waals surface area contributed by atoms with Crippen LogP contribution >= 0.6 is 0 Å². The molecule has 0 unspecified atom stereocenters. The van der Waals surface area contributed by atoms with Gasteiger partial charge in [0.15, 0.2) is 5.82 Å². The Bertz CT molecular complexity index is 945. The van der Waals surface area contributed by atoms with E-state index in [0.29, 0.717) is 23.7 Å². The molecule has 6 heteroatoms. The van der Waals surface area contributed by atoms with Crippen LogP contribution in [0.15, 0.2) is 40.8 Å². The van der Waals surface area contributed by atoms with Gasteiger partial charge in [0.2, 0.25) is 0 Å². The number of halogens is 1. The molecular weight excluding hydrogens is 333 g/mol. The molecule has 0 aliphatic carbocycles. The molecule has 3 rings (SSSR count). The Kier molecular flexibility index (Phi) is 4.84. The van der Waals surface area contributed by atoms with Crippen molar-refractivity contribution >= 4 is 5.91 Å². The fourth-order valence-corrected chi connectivity index (χ4v) is 2.79. The molecule has 5 nitrogen and oxygen atoms in total. The van der Waals surface area contributed by atoms with Gasteiger partial charge in [0.05, 0.1) is 6.54 Å². The number of aromatic nitrogens is 2. The molecule has 0 saturated carbocycles. The van der Waals surface area contributed by atoms with Gasteiger partial charge in [0.25, 0.3) is 5.91 Å². The zero-order valence-electron chi connectivity index (χ0n) is 15.2. The van der Waals surface area contributed by atoms with Gasteiger partial charge in [-0.2, -0.15) is 0 Å². The molecule has 0 radical (unpaired) electrons. The fourth-order valence-electron chi connectivity index (χ4n) is 2.79. The van der Waals surface area contributed by atoms with Crippen molar-refractivity contribution in [3.05, 3.63) is 70.7 Å². The monoisotopic (exact) mass is 353 g/mol. The summed E-state index contributed by atoms with van der Waals surface area (Å²) in [6.07, 6.45) is 0. The number of amides is 1. The van der Waals surface area contributed by atoms with Crippen LogP contribution in [-0.2, 0) is 6.54 Å². The van der Waals surface area contributed by atoms with Crippen molar-refractivity contribution in [3.8, 4) is 11.4 Å². The van der Waals surface area contributed by atoms with Crippen LogP contribution < -0.4 is 0 Å². The van der Waals surface area contributed by atoms with E-state index in [9.17, 15) is 9.18 Å². The number of benzene rings is 1. The summed E-state index contributed by atoms with van der Waals surface area (Å²) >= 11 is 0. The van der Waals surface area contributed by atoms with E-state index in [0.717, 1.165) is 17.1 Å². The number of aryl methyl sites for hydroxylation is 3. The van der Waals surface area contributed by atoms with Crippen LogP contribution in [0.4, 0.5) is 4.39 Å². The molecule has 1 amide bonds. The summed E-state index contributed by atoms with van der Waals surface area (Å²) in [6.45, 7) is 5.85. The molecule has 1 aromatic carbocycles. The number of furan rings is 1. The van der Waals surface area contributed by atoms with Gasteiger partial charge in [-0.05, 0) is 57.2 Å². The van der Waals surface area contributed by atoms with Crippen molar-refractivity contribution in [2.75, 3.05) is 7.05 Å². The standard InChI is InChI=1S/C20H20FN3O2/c1-12-7-13(2)23-19(22-12)15-8-16(10-17(21)9-15)20(25)24(4)11-18-6-5-14(3)26-18/h5-10H,11H2,1-4H3. The van der Waals surface area contributed by atoms with E-state index < -0.39 is 5.82 Å². The Morgan fingerprint density at radius 3 is 2.38 bits per heavy atom. The van der Waals surface area contributed by atoms with Gasteiger partial charge in [-0.3, -0.25) is 4.79 Å². The Balaban J connectivity index is 1.90. The highest BCUT2D eigenvalue weighted by Crippen LogP contribution is 2.21. The summed E-state index contributed by atoms with van der Waals surface area (Å²) < 4.78 is 19.6. The first-order valence-corrected chi connectivity index (χ1v) is 8.26. The molecular formula is C20H20FN3O2. The van der Waals surface area contributed by atoms with Crippen molar-refractivity contribution in [1.29, 1.82) is 0 Å². The van der Waals surface area contributed by atoms with E-state index in [1.165, 1.54) is 17.0 Å². The number of rotatable bonds is 4. The van der Waals surface area contributed by atoms with Gasteiger partial charge in [-0.25, -0.2) is 14.4 Å². The zero-order valence-corrected chi connectivity index (χ0v) is 15.2. The molecule has 0 N–H and O–H groups in total. The van der Waals surface area contributed by atoms with E-state index >= 15 is 0 Å². The third-order valence-corrected chi connectivity index (χ3v) is 3.92. The molecule has 0 spiro atoms. The summed E-state index contributed by atoms with van der Waals surface area (Å²) in [5.74, 6) is 1.05. The molecule has 2 heterocycles. The second-order valence-electron chi connectivity index (χ2n) is 6.38. The van der Waals surface area contributed by atoms with E-state index in [2.05, 4.69) is 9.97 Å². The minimum Gasteiger partial charge on any atom is -0.464 e. The SMILES string of the molecule is Cc1cc(C)nc(-c2cc(F)cc(C(=O)N(C)Cc3ccc(C)o3)c2)n1. The summed E-state index contributed by atoms with van der Waals surface area (Å²) in [7, 11) is 1.65. The lowest BCUT2D eigenvalue weighted by atomic mass is 10.1. The highest BCUT2D eigenvalue weighted by atomic mass is 19.1. The van der Waals surface area contributed by atoms with Crippen molar-refractivity contribution in [3.63, 3.8) is 0 Å². The first-order valence-electron chi connectivity index (χ1n) is 8.26. The summed E-state index contributed by atoms with van der Waals surface area (Å²) in [5.41, 5.74) is 2.29. The number of carbonyl (C=O) groups is 1. The van der Waals surface area contributed by atoms with Gasteiger partial charge >= 0.3 is 0 Å². The predicted molar refractivity (Wildman–Crippen MR) is 96.1 cm³/mol. The van der Waals surface area contributed by atoms with Crippen LogP contribution in [0.1, 0.15) is 33.3 Å². The van der Waals surface area contributed by atoms with E-state index in [1.807, 2.05) is 39.0 Å². The molecule has 0 aliphatic rings. The average Bonchev–Trinajstić information content (AvgIpc) is 2.97. The Labute approximate surface area is 151 Å². The minimum absolute atomic E-state index is 0.244. The van der Waals surface area contributed by atoms with E-state index in [-0.39, 0.29) is 11.5 Å². The highest BCUT2D eigenvalue weighted by molar-refractivity contribution is 5.95. The van der Waals surface area contributed by atoms with Crippen LogP contribution in [0.2, 0.25) is 0 Å². The molecule has 2 aromatic heterocycles. The quantitative estimate of drug-likeness (QED) is 0.709. The Morgan fingerprint density at radius 2 is 1.77 bits per heavy atom. The second kappa shape index (κ2) is 7.07. The zero-order chi connectivity index (χ0) is 18.8. The Hall–Kier alpha value is -3.02. The van der Waals surface area contributed by atoms with Gasteiger partial charge in [0, 0.05) is 29.6 Å². The lowest BCUT2D eigenvalue weighted by molar-refractivity contribution is 0.0774. The van der Waals surface area contributed by atoms with E-state index in [1.54, 1.807) is 13.1 Å². The first kappa shape index (κ1) is 17.8. The lowest BCUT2D eigenvalue weighted by Gasteiger charge is -2.16. The predicted octanol–water partition coefficient (Wildman–Crippen LogP) is 4.07. The van der Waals surface area contributed by atoms with Crippen molar-refractivity contribution < 1.29 is 13.6 Å². The van der Waals surface area contributed by atoms with Crippen molar-refractivity contribution in [1.82, 2.24) is 14.9 Å². The molecule has 0 atom stereocenters. The third-order valence-electron chi connectivity index (χ3n) is 3.92. The molecule has 26 heavy (non-hydrogen) atoms. The smallest absolute Gasteiger partial charge is 0.254 e. The maximum atomic E-state index is 14.1. The topological polar surface area (TPSA) is 59.2 Å². The largest absolute Gasteiger partial charge is 0.464 e. The van der Waals surface area contributed by atoms with Crippen LogP contribution in [0.25, 0.3) is 11.4 Å². The van der Waals surface area contributed by atoms with E-state index in [4.69, 9.17) is 4.42 Å². The second-order valence-corrected chi connectivity index (χ2v) is 6.38. The summed E-state index contributed by atoms with van der Waals surface area (Å²) in [5, 5.41) is 0. The highest BCUT2D eigenvalue weighted by Gasteiger charge is 2.17. The maximum Gasteiger partial charge on any atom is 0.254 e. The van der Waals surface area contributed by atoms with Crippen LogP contribution in [0.5, 0.6) is 0 Å². The summed E-state index contributed by atoms with van der Waals surface area (Å²) in [4.78, 5) is 22.9. The summed E-state index contributed by atoms with van der Waals surface area (Å²) in [6, 6.07) is 9.67. The van der Waals surface area contributed by atoms with Crippen LogP contribution in [0.3, 0.4) is 0 Å². The number of hydrogen-bond acceptors (Lipinski definition) is 4. The first-order chi connectivity index (χ1) is 12.3. The van der Waals surface area contributed by atoms with Gasteiger partial charge in [0.1, 0.15) is 17.3 Å². The molecule has 3 aromatic rings. The van der Waals surface area contributed by atoms with Crippen molar-refractivity contribution in [2.45, 2.75) is 27.3 Å². The third kappa shape index (κ3) is 3.96. The van der Waals surface area contributed by atoms with Crippen LogP contribution in [0, 0.1) is 26.6 Å². The fraction of sp³-hybridized carbons (Fsp3) is 0.250. The minimum atomic E-state index is -0.504. The number of nitrogens with zero attached hydrogens (tertiary/aromatic N) is 3. The molecule has 0 saturated heterocycles. The van der Waals surface area contributed by atoms with Crippen molar-refractivity contribution in [2.24, 2.45) is 0 Å². The van der Waals surface area contributed by atoms with Crippen LogP contribution in [-0.4, -0.2) is 27.8 Å². The molecule has 0 aliphatic heterocycles. The number of hydrogen-bond donors (Lipinski definition) is 0. The number of carbonyl (C=O) groups excluding carboxylic acids is 1. The average molecular weight is 353 g/mol. The molecule has 134 valence electrons. The lowest BCUT2D eigenvalue weighted by Crippen LogP contribution is -2.26. The van der Waals surface area contributed by atoms with Gasteiger partial charge < -0.3 is 9.32 Å². The van der Waals surface area contributed by atoms with Gasteiger partial charge in [-0.1, -0.05) is 0 Å². The molecule has 0 bridgehead atoms. The Morgan fingerprint density at radius 1 is 1.08 bits per heavy atom. The normalized spacial score (nSPS) is 10.8. The van der Waals surface area contributed by atoms with Gasteiger partial charge in [-0.15, -0.1) is 0 Å².